The molecule has 2 heterocycles. The number of hydrogen-bond acceptors (Lipinski definition) is 5. The van der Waals surface area contributed by atoms with Crippen LogP contribution in [0.4, 0.5) is 5.13 Å². The Morgan fingerprint density at radius 1 is 1.15 bits per heavy atom. The molecule has 26 heavy (non-hydrogen) atoms. The van der Waals surface area contributed by atoms with E-state index in [9.17, 15) is 4.79 Å². The van der Waals surface area contributed by atoms with Crippen molar-refractivity contribution in [2.45, 2.75) is 25.2 Å². The van der Waals surface area contributed by atoms with Crippen molar-refractivity contribution in [2.24, 2.45) is 0 Å². The molecule has 5 rings (SSSR count). The first-order valence-corrected chi connectivity index (χ1v) is 9.68. The molecule has 3 aromatic rings. The second-order valence-corrected chi connectivity index (χ2v) is 7.65. The molecule has 0 saturated carbocycles. The number of amides is 1. The van der Waals surface area contributed by atoms with Gasteiger partial charge in [-0.25, -0.2) is 4.98 Å². The number of nitrogens with one attached hydrogen (secondary N) is 1. The monoisotopic (exact) mass is 366 g/mol. The number of benzene rings is 2. The van der Waals surface area contributed by atoms with Gasteiger partial charge in [-0.3, -0.25) is 4.79 Å². The molecular weight excluding hydrogens is 348 g/mol. The van der Waals surface area contributed by atoms with Gasteiger partial charge in [0.2, 0.25) is 5.91 Å². The topological polar surface area (TPSA) is 60.5 Å². The average Bonchev–Trinajstić information content (AvgIpc) is 3.06. The number of carbonyl (C=O) groups excluding carboxylic acids is 1. The highest BCUT2D eigenvalue weighted by Gasteiger charge is 2.27. The van der Waals surface area contributed by atoms with E-state index >= 15 is 0 Å². The van der Waals surface area contributed by atoms with Crippen LogP contribution in [0.5, 0.6) is 11.5 Å². The Morgan fingerprint density at radius 3 is 2.85 bits per heavy atom. The number of nitrogens with zero attached hydrogens (tertiary/aromatic N) is 1. The highest BCUT2D eigenvalue weighted by Crippen LogP contribution is 2.38. The van der Waals surface area contributed by atoms with Gasteiger partial charge in [-0.15, -0.1) is 0 Å². The van der Waals surface area contributed by atoms with Crippen molar-refractivity contribution in [2.75, 3.05) is 18.5 Å². The van der Waals surface area contributed by atoms with Crippen molar-refractivity contribution < 1.29 is 14.3 Å². The maximum absolute atomic E-state index is 12.9. The Kier molecular flexibility index (Phi) is 3.78. The van der Waals surface area contributed by atoms with Gasteiger partial charge in [0.15, 0.2) is 16.6 Å². The molecular formula is C20H18N2O3S. The van der Waals surface area contributed by atoms with Gasteiger partial charge in [-0.2, -0.15) is 0 Å². The highest BCUT2D eigenvalue weighted by atomic mass is 32.1. The van der Waals surface area contributed by atoms with Gasteiger partial charge in [-0.05, 0) is 30.4 Å². The molecule has 1 aromatic heterocycles. The standard InChI is InChI=1S/C20H18N2O3S/c23-19(14-7-3-5-12-4-1-2-6-13(12)14)22-20-21-15-10-16-17(11-18(15)26-20)25-9-8-24-16/h1-2,4,6,10-11,14H,3,5,7-9H2,(H,21,22,23). The predicted octanol–water partition coefficient (Wildman–Crippen LogP) is 4.13. The van der Waals surface area contributed by atoms with Crippen LogP contribution in [0.25, 0.3) is 10.2 Å². The van der Waals surface area contributed by atoms with E-state index in [0.29, 0.717) is 24.1 Å². The van der Waals surface area contributed by atoms with Gasteiger partial charge in [0.1, 0.15) is 13.2 Å². The lowest BCUT2D eigenvalue weighted by molar-refractivity contribution is -0.117. The lowest BCUT2D eigenvalue weighted by atomic mass is 9.82. The number of rotatable bonds is 2. The summed E-state index contributed by atoms with van der Waals surface area (Å²) in [6.07, 6.45) is 2.96. The summed E-state index contributed by atoms with van der Waals surface area (Å²) in [6.45, 7) is 1.11. The van der Waals surface area contributed by atoms with Crippen LogP contribution in [0.15, 0.2) is 36.4 Å². The lowest BCUT2D eigenvalue weighted by Crippen LogP contribution is -2.24. The molecule has 0 fully saturated rings. The van der Waals surface area contributed by atoms with Crippen LogP contribution in [0.1, 0.15) is 29.9 Å². The van der Waals surface area contributed by atoms with Crippen molar-refractivity contribution in [3.8, 4) is 11.5 Å². The maximum atomic E-state index is 12.9. The Balaban J connectivity index is 1.42. The summed E-state index contributed by atoms with van der Waals surface area (Å²) in [6, 6.07) is 12.1. The Bertz CT molecular complexity index is 955. The van der Waals surface area contributed by atoms with Gasteiger partial charge >= 0.3 is 0 Å². The molecule has 1 aliphatic heterocycles. The molecule has 0 spiro atoms. The fourth-order valence-corrected chi connectivity index (χ4v) is 4.62. The summed E-state index contributed by atoms with van der Waals surface area (Å²) in [4.78, 5) is 17.4. The molecule has 6 heteroatoms. The molecule has 0 radical (unpaired) electrons. The average molecular weight is 366 g/mol. The molecule has 2 aromatic carbocycles. The summed E-state index contributed by atoms with van der Waals surface area (Å²) < 4.78 is 12.2. The smallest absolute Gasteiger partial charge is 0.233 e. The van der Waals surface area contributed by atoms with Crippen LogP contribution in [-0.2, 0) is 11.2 Å². The first-order chi connectivity index (χ1) is 12.8. The quantitative estimate of drug-likeness (QED) is 0.741. The number of ether oxygens (including phenoxy) is 2. The number of thiazole rings is 1. The number of carbonyl (C=O) groups is 1. The molecule has 1 unspecified atom stereocenters. The minimum Gasteiger partial charge on any atom is -0.486 e. The van der Waals surface area contributed by atoms with Gasteiger partial charge in [0.05, 0.1) is 16.1 Å². The Morgan fingerprint density at radius 2 is 1.96 bits per heavy atom. The van der Waals surface area contributed by atoms with E-state index in [1.165, 1.54) is 16.9 Å². The zero-order chi connectivity index (χ0) is 17.5. The number of anilines is 1. The van der Waals surface area contributed by atoms with Crippen molar-refractivity contribution in [3.05, 3.63) is 47.5 Å². The van der Waals surface area contributed by atoms with Gasteiger partial charge in [-0.1, -0.05) is 35.6 Å². The second kappa shape index (κ2) is 6.29. The Labute approximate surface area is 155 Å². The minimum atomic E-state index is -0.105. The van der Waals surface area contributed by atoms with Crippen LogP contribution in [0, 0.1) is 0 Å². The summed E-state index contributed by atoms with van der Waals surface area (Å²) in [5.74, 6) is 1.37. The van der Waals surface area contributed by atoms with Crippen LogP contribution < -0.4 is 14.8 Å². The lowest BCUT2D eigenvalue weighted by Gasteiger charge is -2.24. The van der Waals surface area contributed by atoms with E-state index in [4.69, 9.17) is 9.47 Å². The van der Waals surface area contributed by atoms with E-state index in [1.807, 2.05) is 24.3 Å². The van der Waals surface area contributed by atoms with Crippen molar-refractivity contribution >= 4 is 32.6 Å². The zero-order valence-corrected chi connectivity index (χ0v) is 15.0. The number of fused-ring (bicyclic) bond motifs is 3. The largest absolute Gasteiger partial charge is 0.486 e. The fraction of sp³-hybridized carbons (Fsp3) is 0.300. The van der Waals surface area contributed by atoms with E-state index in [1.54, 1.807) is 0 Å². The molecule has 1 atom stereocenters. The summed E-state index contributed by atoms with van der Waals surface area (Å²) >= 11 is 1.47. The molecule has 1 N–H and O–H groups in total. The van der Waals surface area contributed by atoms with Gasteiger partial charge in [0.25, 0.3) is 0 Å². The van der Waals surface area contributed by atoms with E-state index < -0.39 is 0 Å². The molecule has 1 amide bonds. The second-order valence-electron chi connectivity index (χ2n) is 6.62. The molecule has 1 aliphatic carbocycles. The third-order valence-corrected chi connectivity index (χ3v) is 5.90. The first kappa shape index (κ1) is 15.6. The zero-order valence-electron chi connectivity index (χ0n) is 14.2. The van der Waals surface area contributed by atoms with Crippen molar-refractivity contribution in [1.29, 1.82) is 0 Å². The summed E-state index contributed by atoms with van der Waals surface area (Å²) in [5, 5.41) is 3.64. The SMILES string of the molecule is O=C(Nc1nc2cc3c(cc2s1)OCCO3)C1CCCc2ccccc21. The maximum Gasteiger partial charge on any atom is 0.233 e. The molecule has 132 valence electrons. The normalized spacial score (nSPS) is 18.4. The van der Waals surface area contributed by atoms with E-state index in [0.717, 1.165) is 40.8 Å². The highest BCUT2D eigenvalue weighted by molar-refractivity contribution is 7.22. The molecule has 0 saturated heterocycles. The third-order valence-electron chi connectivity index (χ3n) is 4.97. The van der Waals surface area contributed by atoms with Crippen molar-refractivity contribution in [3.63, 3.8) is 0 Å². The minimum absolute atomic E-state index is 0.0217. The Hall–Kier alpha value is -2.60. The van der Waals surface area contributed by atoms with Crippen molar-refractivity contribution in [1.82, 2.24) is 4.98 Å². The summed E-state index contributed by atoms with van der Waals surface area (Å²) in [5.41, 5.74) is 3.25. The molecule has 5 nitrogen and oxygen atoms in total. The number of aryl methyl sites for hydroxylation is 1. The summed E-state index contributed by atoms with van der Waals surface area (Å²) in [7, 11) is 0. The fourth-order valence-electron chi connectivity index (χ4n) is 3.74. The van der Waals surface area contributed by atoms with Gasteiger partial charge in [0, 0.05) is 12.1 Å². The van der Waals surface area contributed by atoms with E-state index in [2.05, 4.69) is 22.4 Å². The van der Waals surface area contributed by atoms with Crippen LogP contribution in [-0.4, -0.2) is 24.1 Å². The van der Waals surface area contributed by atoms with E-state index in [-0.39, 0.29) is 11.8 Å². The number of hydrogen-bond donors (Lipinski definition) is 1. The molecule has 2 aliphatic rings. The predicted molar refractivity (Wildman–Crippen MR) is 101 cm³/mol. The third kappa shape index (κ3) is 2.70. The van der Waals surface area contributed by atoms with Gasteiger partial charge < -0.3 is 14.8 Å². The van der Waals surface area contributed by atoms with Crippen LogP contribution in [0.2, 0.25) is 0 Å². The first-order valence-electron chi connectivity index (χ1n) is 8.87. The van der Waals surface area contributed by atoms with Crippen LogP contribution >= 0.6 is 11.3 Å². The molecule has 0 bridgehead atoms. The van der Waals surface area contributed by atoms with Crippen LogP contribution in [0.3, 0.4) is 0 Å². The number of aromatic nitrogens is 1.